The average Bonchev–Trinajstić information content (AvgIpc) is 3.05. The maximum Gasteiger partial charge on any atom is 0.498 e. The van der Waals surface area contributed by atoms with Gasteiger partial charge in [0.15, 0.2) is 0 Å². The van der Waals surface area contributed by atoms with Crippen LogP contribution in [-0.4, -0.2) is 52.3 Å². The zero-order valence-electron chi connectivity index (χ0n) is 15.9. The van der Waals surface area contributed by atoms with Crippen molar-refractivity contribution < 1.29 is 27.2 Å². The van der Waals surface area contributed by atoms with Gasteiger partial charge < -0.3 is 18.8 Å². The van der Waals surface area contributed by atoms with E-state index in [-0.39, 0.29) is 6.10 Å². The summed E-state index contributed by atoms with van der Waals surface area (Å²) in [6.45, 7) is 9.08. The van der Waals surface area contributed by atoms with Crippen LogP contribution in [0.5, 0.6) is 5.75 Å². The first kappa shape index (κ1) is 19.5. The van der Waals surface area contributed by atoms with Crippen LogP contribution >= 0.6 is 0 Å². The number of anilines is 1. The molecule has 2 fully saturated rings. The van der Waals surface area contributed by atoms with Crippen molar-refractivity contribution in [2.45, 2.75) is 51.4 Å². The molecule has 0 spiro atoms. The second-order valence-electron chi connectivity index (χ2n) is 7.82. The Morgan fingerprint density at radius 1 is 1.19 bits per heavy atom. The lowest BCUT2D eigenvalue weighted by atomic mass is 9.78. The number of benzene rings is 1. The van der Waals surface area contributed by atoms with Gasteiger partial charge in [-0.3, -0.25) is 4.72 Å². The number of nitrogens with one attached hydrogen (secondary N) is 1. The van der Waals surface area contributed by atoms with E-state index in [1.54, 1.807) is 18.2 Å². The van der Waals surface area contributed by atoms with E-state index in [2.05, 4.69) is 4.72 Å². The standard InChI is InChI=1S/C17H26BNO6S/c1-16(2)17(3,4)25-18(24-16)14-10-12(19-26(5,20)21)6-7-15(14)23-13-8-9-22-11-13/h6-7,10,13,19H,8-9,11H2,1-5H3/t13-/m1/s1. The second-order valence-corrected chi connectivity index (χ2v) is 9.57. The largest absolute Gasteiger partial charge is 0.498 e. The molecule has 2 saturated heterocycles. The first-order valence-electron chi connectivity index (χ1n) is 8.69. The van der Waals surface area contributed by atoms with Crippen LogP contribution < -0.4 is 14.9 Å². The fourth-order valence-corrected chi connectivity index (χ4v) is 3.43. The third kappa shape index (κ3) is 4.16. The van der Waals surface area contributed by atoms with Crippen LogP contribution in [0, 0.1) is 0 Å². The molecule has 144 valence electrons. The minimum atomic E-state index is -3.39. The molecule has 0 aromatic heterocycles. The molecule has 1 aromatic carbocycles. The number of sulfonamides is 1. The van der Waals surface area contributed by atoms with E-state index in [9.17, 15) is 8.42 Å². The van der Waals surface area contributed by atoms with Gasteiger partial charge in [-0.1, -0.05) is 0 Å². The minimum absolute atomic E-state index is 0.0371. The SMILES string of the molecule is CC1(C)OB(c2cc(NS(C)(=O)=O)ccc2O[C@@H]2CCOC2)OC1(C)C. The number of hydrogen-bond acceptors (Lipinski definition) is 6. The highest BCUT2D eigenvalue weighted by Crippen LogP contribution is 2.37. The van der Waals surface area contributed by atoms with Crippen molar-refractivity contribution in [2.24, 2.45) is 0 Å². The Labute approximate surface area is 155 Å². The summed E-state index contributed by atoms with van der Waals surface area (Å²) >= 11 is 0. The number of rotatable bonds is 5. The highest BCUT2D eigenvalue weighted by atomic mass is 32.2. The van der Waals surface area contributed by atoms with Gasteiger partial charge in [0.25, 0.3) is 0 Å². The van der Waals surface area contributed by atoms with Crippen LogP contribution in [-0.2, 0) is 24.1 Å². The molecule has 0 unspecified atom stereocenters. The third-order valence-electron chi connectivity index (χ3n) is 5.00. The number of ether oxygens (including phenoxy) is 2. The van der Waals surface area contributed by atoms with E-state index in [0.717, 1.165) is 12.7 Å². The van der Waals surface area contributed by atoms with E-state index in [0.29, 0.717) is 30.1 Å². The van der Waals surface area contributed by atoms with Crippen LogP contribution in [0.15, 0.2) is 18.2 Å². The molecule has 2 aliphatic rings. The van der Waals surface area contributed by atoms with Gasteiger partial charge in [0, 0.05) is 17.6 Å². The summed E-state index contributed by atoms with van der Waals surface area (Å²) in [7, 11) is -4.04. The van der Waals surface area contributed by atoms with Crippen LogP contribution in [0.3, 0.4) is 0 Å². The molecule has 0 saturated carbocycles. The maximum absolute atomic E-state index is 11.6. The molecule has 2 heterocycles. The highest BCUT2D eigenvalue weighted by molar-refractivity contribution is 7.92. The Morgan fingerprint density at radius 2 is 1.85 bits per heavy atom. The summed E-state index contributed by atoms with van der Waals surface area (Å²) in [4.78, 5) is 0. The molecule has 1 atom stereocenters. The molecule has 1 N–H and O–H groups in total. The molecule has 7 nitrogen and oxygen atoms in total. The molecule has 0 bridgehead atoms. The molecular formula is C17H26BNO6S. The lowest BCUT2D eigenvalue weighted by Gasteiger charge is -2.32. The quantitative estimate of drug-likeness (QED) is 0.777. The van der Waals surface area contributed by atoms with Crippen molar-refractivity contribution in [1.29, 1.82) is 0 Å². The van der Waals surface area contributed by atoms with Crippen molar-refractivity contribution in [3.63, 3.8) is 0 Å². The monoisotopic (exact) mass is 383 g/mol. The van der Waals surface area contributed by atoms with Crippen molar-refractivity contribution >= 4 is 28.3 Å². The molecule has 0 radical (unpaired) electrons. The Hall–Kier alpha value is -1.29. The van der Waals surface area contributed by atoms with Crippen LogP contribution in [0.4, 0.5) is 5.69 Å². The van der Waals surface area contributed by atoms with E-state index >= 15 is 0 Å². The van der Waals surface area contributed by atoms with Crippen molar-refractivity contribution in [3.8, 4) is 5.75 Å². The van der Waals surface area contributed by atoms with Crippen LogP contribution in [0.2, 0.25) is 0 Å². The molecule has 26 heavy (non-hydrogen) atoms. The summed E-state index contributed by atoms with van der Waals surface area (Å²) in [5.74, 6) is 0.609. The van der Waals surface area contributed by atoms with Crippen molar-refractivity contribution in [1.82, 2.24) is 0 Å². The molecule has 9 heteroatoms. The molecular weight excluding hydrogens is 357 g/mol. The average molecular weight is 383 g/mol. The normalized spacial score (nSPS) is 24.7. The lowest BCUT2D eigenvalue weighted by molar-refractivity contribution is 0.00578. The van der Waals surface area contributed by atoms with Gasteiger partial charge in [-0.15, -0.1) is 0 Å². The summed E-state index contributed by atoms with van der Waals surface area (Å²) in [5.41, 5.74) is 0.0774. The van der Waals surface area contributed by atoms with Crippen molar-refractivity contribution in [3.05, 3.63) is 18.2 Å². The van der Waals surface area contributed by atoms with E-state index in [1.165, 1.54) is 0 Å². The van der Waals surface area contributed by atoms with Crippen LogP contribution in [0.1, 0.15) is 34.1 Å². The first-order valence-corrected chi connectivity index (χ1v) is 10.6. The Balaban J connectivity index is 1.94. The Kier molecular flexibility index (Phi) is 5.02. The van der Waals surface area contributed by atoms with Gasteiger partial charge in [-0.25, -0.2) is 8.42 Å². The van der Waals surface area contributed by atoms with E-state index in [4.69, 9.17) is 18.8 Å². The molecule has 3 rings (SSSR count). The number of hydrogen-bond donors (Lipinski definition) is 1. The topological polar surface area (TPSA) is 83.1 Å². The molecule has 0 aliphatic carbocycles. The third-order valence-corrected chi connectivity index (χ3v) is 5.61. The summed E-state index contributed by atoms with van der Waals surface area (Å²) in [6.07, 6.45) is 1.89. The highest BCUT2D eigenvalue weighted by Gasteiger charge is 2.52. The lowest BCUT2D eigenvalue weighted by Crippen LogP contribution is -2.41. The Bertz CT molecular complexity index is 757. The maximum atomic E-state index is 11.6. The van der Waals surface area contributed by atoms with E-state index < -0.39 is 28.3 Å². The first-order chi connectivity index (χ1) is 12.0. The summed E-state index contributed by atoms with van der Waals surface area (Å²) < 4.78 is 49.4. The predicted octanol–water partition coefficient (Wildman–Crippen LogP) is 1.52. The van der Waals surface area contributed by atoms with E-state index in [1.807, 2.05) is 27.7 Å². The predicted molar refractivity (Wildman–Crippen MR) is 100 cm³/mol. The fraction of sp³-hybridized carbons (Fsp3) is 0.647. The van der Waals surface area contributed by atoms with Gasteiger partial charge in [-0.2, -0.15) is 0 Å². The second kappa shape index (κ2) is 6.71. The molecule has 1 aromatic rings. The van der Waals surface area contributed by atoms with Crippen LogP contribution in [0.25, 0.3) is 0 Å². The van der Waals surface area contributed by atoms with Gasteiger partial charge in [-0.05, 0) is 45.9 Å². The van der Waals surface area contributed by atoms with Gasteiger partial charge in [0.05, 0.1) is 30.7 Å². The zero-order valence-corrected chi connectivity index (χ0v) is 16.7. The van der Waals surface area contributed by atoms with Gasteiger partial charge in [0.1, 0.15) is 11.9 Å². The molecule has 2 aliphatic heterocycles. The molecule has 0 amide bonds. The van der Waals surface area contributed by atoms with Crippen molar-refractivity contribution in [2.75, 3.05) is 24.2 Å². The summed E-state index contributed by atoms with van der Waals surface area (Å²) in [5, 5.41) is 0. The Morgan fingerprint density at radius 3 is 2.38 bits per heavy atom. The summed E-state index contributed by atoms with van der Waals surface area (Å²) in [6, 6.07) is 5.11. The smallest absolute Gasteiger partial charge is 0.488 e. The van der Waals surface area contributed by atoms with Gasteiger partial charge >= 0.3 is 7.12 Å². The zero-order chi connectivity index (χ0) is 19.2. The minimum Gasteiger partial charge on any atom is -0.488 e. The fourth-order valence-electron chi connectivity index (χ4n) is 2.87. The van der Waals surface area contributed by atoms with Gasteiger partial charge in [0.2, 0.25) is 10.0 Å².